The molecule has 0 bridgehead atoms. The second-order valence-corrected chi connectivity index (χ2v) is 7.74. The molecule has 0 unspecified atom stereocenters. The summed E-state index contributed by atoms with van der Waals surface area (Å²) >= 11 is 0. The van der Waals surface area contributed by atoms with Crippen molar-refractivity contribution in [2.45, 2.75) is 51.2 Å². The maximum Gasteiger partial charge on any atom is 0.431 e. The molecule has 0 fully saturated rings. The molecule has 0 radical (unpaired) electrons. The van der Waals surface area contributed by atoms with Gasteiger partial charge in [0.05, 0.1) is 12.2 Å². The van der Waals surface area contributed by atoms with Crippen molar-refractivity contribution < 1.29 is 40.1 Å². The minimum Gasteiger partial charge on any atom is -0.462 e. The van der Waals surface area contributed by atoms with Gasteiger partial charge in [0.2, 0.25) is 0 Å². The predicted octanol–water partition coefficient (Wildman–Crippen LogP) is 4.48. The zero-order valence-electron chi connectivity index (χ0n) is 17.3. The molecule has 1 N–H and O–H groups in total. The fourth-order valence-corrected chi connectivity index (χ4v) is 2.76. The van der Waals surface area contributed by atoms with E-state index in [0.29, 0.717) is 0 Å². The topological polar surface area (TPSA) is 83.9 Å². The first-order valence-electron chi connectivity index (χ1n) is 9.51. The molecule has 0 amide bonds. The van der Waals surface area contributed by atoms with Crippen LogP contribution in [0.15, 0.2) is 30.3 Å². The first kappa shape index (κ1) is 28.3. The third-order valence-electron chi connectivity index (χ3n) is 4.22. The Morgan fingerprint density at radius 3 is 1.90 bits per heavy atom. The number of halogens is 4. The fourth-order valence-electron chi connectivity index (χ4n) is 2.28. The van der Waals surface area contributed by atoms with Crippen LogP contribution in [0.5, 0.6) is 0 Å². The second-order valence-electron chi connectivity index (χ2n) is 6.27. The summed E-state index contributed by atoms with van der Waals surface area (Å²) in [6.07, 6.45) is -2.18. The molecule has 6 nitrogen and oxygen atoms in total. The van der Waals surface area contributed by atoms with Gasteiger partial charge in [-0.05, 0) is 44.6 Å². The molecule has 0 atom stereocenters. The van der Waals surface area contributed by atoms with E-state index in [4.69, 9.17) is 9.29 Å². The van der Waals surface area contributed by atoms with E-state index in [2.05, 4.69) is 25.7 Å². The van der Waals surface area contributed by atoms with Gasteiger partial charge in [-0.2, -0.15) is 26.0 Å². The minimum absolute atomic E-state index is 0.171. The molecule has 11 heteroatoms. The van der Waals surface area contributed by atoms with Gasteiger partial charge in [0.1, 0.15) is 0 Å². The smallest absolute Gasteiger partial charge is 0.431 e. The van der Waals surface area contributed by atoms with Crippen molar-refractivity contribution in [3.05, 3.63) is 35.9 Å². The van der Waals surface area contributed by atoms with Crippen LogP contribution < -0.4 is 0 Å². The Kier molecular flexibility index (Phi) is 12.1. The number of alkyl halides is 4. The highest BCUT2D eigenvalue weighted by atomic mass is 32.2. The molecule has 0 aliphatic rings. The lowest BCUT2D eigenvalue weighted by Gasteiger charge is -2.23. The van der Waals surface area contributed by atoms with Crippen LogP contribution in [-0.2, 0) is 14.9 Å². The van der Waals surface area contributed by atoms with E-state index in [0.717, 1.165) is 0 Å². The normalized spacial score (nSPS) is 12.3. The average molecular weight is 460 g/mol. The van der Waals surface area contributed by atoms with E-state index in [-0.39, 0.29) is 18.6 Å². The SMILES string of the molecule is CCN(CC)CC.O=C(OCCCCC(F)(F)C(F)(F)S(=O)(=O)O)c1ccccc1. The van der Waals surface area contributed by atoms with Gasteiger partial charge in [-0.3, -0.25) is 4.55 Å². The van der Waals surface area contributed by atoms with E-state index in [1.807, 2.05) is 0 Å². The third kappa shape index (κ3) is 8.97. The summed E-state index contributed by atoms with van der Waals surface area (Å²) < 4.78 is 85.6. The number of benzene rings is 1. The summed E-state index contributed by atoms with van der Waals surface area (Å²) in [5, 5.41) is -5.57. The molecule has 0 saturated heterocycles. The molecular formula is C19H29F4NO5S. The Morgan fingerprint density at radius 2 is 1.50 bits per heavy atom. The monoisotopic (exact) mass is 459 g/mol. The van der Waals surface area contributed by atoms with Crippen molar-refractivity contribution in [3.63, 3.8) is 0 Å². The maximum atomic E-state index is 13.2. The van der Waals surface area contributed by atoms with Crippen LogP contribution in [0.4, 0.5) is 17.6 Å². The second kappa shape index (κ2) is 12.9. The van der Waals surface area contributed by atoms with Crippen LogP contribution in [0.25, 0.3) is 0 Å². The lowest BCUT2D eigenvalue weighted by atomic mass is 10.1. The number of nitrogens with zero attached hydrogens (tertiary/aromatic N) is 1. The van der Waals surface area contributed by atoms with Crippen LogP contribution in [0.2, 0.25) is 0 Å². The van der Waals surface area contributed by atoms with E-state index in [1.165, 1.54) is 31.8 Å². The molecule has 0 heterocycles. The number of carbonyl (C=O) groups is 1. The summed E-state index contributed by atoms with van der Waals surface area (Å²) in [5.41, 5.74) is 0.246. The van der Waals surface area contributed by atoms with E-state index >= 15 is 0 Å². The van der Waals surface area contributed by atoms with Crippen LogP contribution in [0, 0.1) is 0 Å². The van der Waals surface area contributed by atoms with Gasteiger partial charge in [0.25, 0.3) is 0 Å². The van der Waals surface area contributed by atoms with Gasteiger partial charge < -0.3 is 9.64 Å². The first-order chi connectivity index (χ1) is 13.8. The fraction of sp³-hybridized carbons (Fsp3) is 0.632. The zero-order valence-corrected chi connectivity index (χ0v) is 18.1. The van der Waals surface area contributed by atoms with Crippen molar-refractivity contribution in [2.75, 3.05) is 26.2 Å². The Bertz CT molecular complexity index is 720. The van der Waals surface area contributed by atoms with Crippen LogP contribution in [0.1, 0.15) is 50.4 Å². The maximum absolute atomic E-state index is 13.2. The van der Waals surface area contributed by atoms with Gasteiger partial charge in [-0.15, -0.1) is 0 Å². The van der Waals surface area contributed by atoms with Gasteiger partial charge >= 0.3 is 27.3 Å². The largest absolute Gasteiger partial charge is 0.462 e. The first-order valence-corrected chi connectivity index (χ1v) is 10.9. The van der Waals surface area contributed by atoms with Gasteiger partial charge in [-0.1, -0.05) is 39.0 Å². The standard InChI is InChI=1S/C13H14F4O5S.C6H15N/c14-12(15,13(16,17)23(19,20)21)8-4-5-9-22-11(18)10-6-2-1-3-7-10;1-4-7(5-2)6-3/h1-3,6-7H,4-5,8-9H2,(H,19,20,21);4-6H2,1-3H3. The van der Waals surface area contributed by atoms with Crippen molar-refractivity contribution in [3.8, 4) is 0 Å². The Morgan fingerprint density at radius 1 is 1.00 bits per heavy atom. The minimum atomic E-state index is -6.22. The Balaban J connectivity index is 0.00000103. The molecule has 30 heavy (non-hydrogen) atoms. The molecule has 0 aromatic heterocycles. The highest BCUT2D eigenvalue weighted by Crippen LogP contribution is 2.41. The lowest BCUT2D eigenvalue weighted by Crippen LogP contribution is -2.46. The summed E-state index contributed by atoms with van der Waals surface area (Å²) in [4.78, 5) is 13.9. The van der Waals surface area contributed by atoms with Gasteiger partial charge in [-0.25, -0.2) is 4.79 Å². The summed E-state index contributed by atoms with van der Waals surface area (Å²) in [5.74, 6) is -5.62. The van der Waals surface area contributed by atoms with Gasteiger partial charge in [0, 0.05) is 6.42 Å². The summed E-state index contributed by atoms with van der Waals surface area (Å²) in [7, 11) is -6.22. The number of unbranched alkanes of at least 4 members (excludes halogenated alkanes) is 1. The highest BCUT2D eigenvalue weighted by molar-refractivity contribution is 7.87. The third-order valence-corrected chi connectivity index (χ3v) is 5.17. The lowest BCUT2D eigenvalue weighted by molar-refractivity contribution is -0.164. The Labute approximate surface area is 175 Å². The highest BCUT2D eigenvalue weighted by Gasteiger charge is 2.64. The zero-order chi connectivity index (χ0) is 23.4. The van der Waals surface area contributed by atoms with Crippen molar-refractivity contribution in [1.29, 1.82) is 0 Å². The number of hydrogen-bond acceptors (Lipinski definition) is 5. The van der Waals surface area contributed by atoms with Crippen molar-refractivity contribution >= 4 is 16.1 Å². The van der Waals surface area contributed by atoms with Crippen LogP contribution >= 0.6 is 0 Å². The molecule has 174 valence electrons. The molecule has 0 spiro atoms. The van der Waals surface area contributed by atoms with Crippen molar-refractivity contribution in [2.24, 2.45) is 0 Å². The van der Waals surface area contributed by atoms with Crippen LogP contribution in [0.3, 0.4) is 0 Å². The molecular weight excluding hydrogens is 430 g/mol. The van der Waals surface area contributed by atoms with Gasteiger partial charge in [0.15, 0.2) is 0 Å². The molecule has 1 aromatic carbocycles. The van der Waals surface area contributed by atoms with E-state index < -0.39 is 40.1 Å². The number of rotatable bonds is 11. The quantitative estimate of drug-likeness (QED) is 0.227. The summed E-state index contributed by atoms with van der Waals surface area (Å²) in [6.45, 7) is 9.83. The van der Waals surface area contributed by atoms with E-state index in [9.17, 15) is 30.8 Å². The van der Waals surface area contributed by atoms with Crippen LogP contribution in [-0.4, -0.2) is 61.3 Å². The molecule has 0 saturated carbocycles. The molecule has 0 aliphatic heterocycles. The number of hydrogen-bond donors (Lipinski definition) is 1. The molecule has 0 aliphatic carbocycles. The van der Waals surface area contributed by atoms with Crippen molar-refractivity contribution in [1.82, 2.24) is 4.90 Å². The summed E-state index contributed by atoms with van der Waals surface area (Å²) in [6, 6.07) is 7.81. The Hall–Kier alpha value is -1.72. The van der Waals surface area contributed by atoms with E-state index in [1.54, 1.807) is 18.2 Å². The number of carbonyl (C=O) groups excluding carboxylic acids is 1. The number of ether oxygens (including phenoxy) is 1. The number of esters is 1. The predicted molar refractivity (Wildman–Crippen MR) is 105 cm³/mol. The molecule has 1 aromatic rings. The molecule has 1 rings (SSSR count). The average Bonchev–Trinajstić information content (AvgIpc) is 2.69.